The van der Waals surface area contributed by atoms with E-state index in [1.54, 1.807) is 17.0 Å². The second-order valence-corrected chi connectivity index (χ2v) is 6.78. The molecule has 0 bridgehead atoms. The molecule has 1 amide bonds. The van der Waals surface area contributed by atoms with Crippen LogP contribution in [0.5, 0.6) is 0 Å². The van der Waals surface area contributed by atoms with Gasteiger partial charge in [0.1, 0.15) is 0 Å². The standard InChI is InChI=1S/C15H18ClNO3S/c1-10-8-17(7-6-13(10)15(19)20)14(18)9-21-12-4-2-11(16)3-5-12/h2-5,10,13H,6-9H2,1H3,(H,19,20). The number of rotatable bonds is 4. The van der Waals surface area contributed by atoms with Gasteiger partial charge in [-0.05, 0) is 36.6 Å². The number of carbonyl (C=O) groups excluding carboxylic acids is 1. The molecule has 21 heavy (non-hydrogen) atoms. The van der Waals surface area contributed by atoms with Crippen LogP contribution in [0.25, 0.3) is 0 Å². The van der Waals surface area contributed by atoms with Gasteiger partial charge in [-0.1, -0.05) is 18.5 Å². The van der Waals surface area contributed by atoms with Crippen molar-refractivity contribution in [1.29, 1.82) is 0 Å². The van der Waals surface area contributed by atoms with Crippen LogP contribution < -0.4 is 0 Å². The molecule has 4 nitrogen and oxygen atoms in total. The largest absolute Gasteiger partial charge is 0.481 e. The predicted molar refractivity (Wildman–Crippen MR) is 83.7 cm³/mol. The molecule has 114 valence electrons. The SMILES string of the molecule is CC1CN(C(=O)CSc2ccc(Cl)cc2)CCC1C(=O)O. The molecule has 0 saturated carbocycles. The van der Waals surface area contributed by atoms with Gasteiger partial charge >= 0.3 is 5.97 Å². The second kappa shape index (κ2) is 7.18. The first-order valence-corrected chi connectivity index (χ1v) is 8.22. The molecule has 0 radical (unpaired) electrons. The second-order valence-electron chi connectivity index (χ2n) is 5.29. The molecule has 2 atom stereocenters. The van der Waals surface area contributed by atoms with Crippen molar-refractivity contribution < 1.29 is 14.7 Å². The Hall–Kier alpha value is -1.20. The third kappa shape index (κ3) is 4.38. The van der Waals surface area contributed by atoms with Gasteiger partial charge < -0.3 is 10.0 Å². The summed E-state index contributed by atoms with van der Waals surface area (Å²) in [6, 6.07) is 7.38. The highest BCUT2D eigenvalue weighted by atomic mass is 35.5. The van der Waals surface area contributed by atoms with Gasteiger partial charge in [0.05, 0.1) is 11.7 Å². The summed E-state index contributed by atoms with van der Waals surface area (Å²) in [4.78, 5) is 26.0. The van der Waals surface area contributed by atoms with Crippen LogP contribution in [-0.2, 0) is 9.59 Å². The number of nitrogens with zero attached hydrogens (tertiary/aromatic N) is 1. The van der Waals surface area contributed by atoms with E-state index >= 15 is 0 Å². The third-order valence-electron chi connectivity index (χ3n) is 3.75. The van der Waals surface area contributed by atoms with Crippen LogP contribution in [0, 0.1) is 11.8 Å². The van der Waals surface area contributed by atoms with Crippen molar-refractivity contribution >= 4 is 35.2 Å². The summed E-state index contributed by atoms with van der Waals surface area (Å²) in [5.74, 6) is -0.666. The van der Waals surface area contributed by atoms with Crippen molar-refractivity contribution in [2.24, 2.45) is 11.8 Å². The lowest BCUT2D eigenvalue weighted by molar-refractivity contribution is -0.147. The van der Waals surface area contributed by atoms with E-state index in [2.05, 4.69) is 0 Å². The summed E-state index contributed by atoms with van der Waals surface area (Å²) < 4.78 is 0. The Morgan fingerprint density at radius 2 is 2.05 bits per heavy atom. The first kappa shape index (κ1) is 16.2. The minimum absolute atomic E-state index is 0.000678. The molecule has 2 unspecified atom stereocenters. The molecule has 1 saturated heterocycles. The van der Waals surface area contributed by atoms with Crippen molar-refractivity contribution in [2.75, 3.05) is 18.8 Å². The Bertz CT molecular complexity index is 520. The van der Waals surface area contributed by atoms with Crippen LogP contribution in [0.2, 0.25) is 5.02 Å². The minimum atomic E-state index is -0.759. The molecule has 0 aromatic heterocycles. The van der Waals surface area contributed by atoms with Gasteiger partial charge in [0.2, 0.25) is 5.91 Å². The van der Waals surface area contributed by atoms with Gasteiger partial charge in [-0.25, -0.2) is 0 Å². The number of carboxylic acid groups (broad SMARTS) is 1. The van der Waals surface area contributed by atoms with E-state index < -0.39 is 5.97 Å². The van der Waals surface area contributed by atoms with Crippen molar-refractivity contribution in [3.05, 3.63) is 29.3 Å². The molecular weight excluding hydrogens is 310 g/mol. The van der Waals surface area contributed by atoms with Gasteiger partial charge in [0.25, 0.3) is 0 Å². The van der Waals surface area contributed by atoms with E-state index in [0.29, 0.717) is 30.3 Å². The lowest BCUT2D eigenvalue weighted by atomic mass is 9.87. The lowest BCUT2D eigenvalue weighted by Gasteiger charge is -2.34. The fourth-order valence-corrected chi connectivity index (χ4v) is 3.43. The highest BCUT2D eigenvalue weighted by molar-refractivity contribution is 8.00. The number of aliphatic carboxylic acids is 1. The normalized spacial score (nSPS) is 22.1. The van der Waals surface area contributed by atoms with Gasteiger partial charge in [0.15, 0.2) is 0 Å². The van der Waals surface area contributed by atoms with E-state index in [9.17, 15) is 9.59 Å². The highest BCUT2D eigenvalue weighted by Gasteiger charge is 2.32. The van der Waals surface area contributed by atoms with E-state index in [1.807, 2.05) is 19.1 Å². The first-order chi connectivity index (χ1) is 9.97. The van der Waals surface area contributed by atoms with Gasteiger partial charge in [-0.2, -0.15) is 0 Å². The van der Waals surface area contributed by atoms with Crippen LogP contribution in [0.1, 0.15) is 13.3 Å². The van der Waals surface area contributed by atoms with Crippen LogP contribution in [0.3, 0.4) is 0 Å². The molecule has 0 aliphatic carbocycles. The van der Waals surface area contributed by atoms with Crippen molar-refractivity contribution in [1.82, 2.24) is 4.90 Å². The zero-order chi connectivity index (χ0) is 15.4. The molecule has 6 heteroatoms. The number of likely N-dealkylation sites (tertiary alicyclic amines) is 1. The molecule has 1 heterocycles. The Balaban J connectivity index is 1.84. The number of benzene rings is 1. The molecule has 0 spiro atoms. The monoisotopic (exact) mass is 327 g/mol. The Labute approximate surface area is 133 Å². The number of hydrogen-bond acceptors (Lipinski definition) is 3. The summed E-state index contributed by atoms with van der Waals surface area (Å²) >= 11 is 7.29. The average Bonchev–Trinajstić information content (AvgIpc) is 2.45. The number of thioether (sulfide) groups is 1. The Kier molecular flexibility index (Phi) is 5.53. The molecule has 1 aromatic carbocycles. The van der Waals surface area contributed by atoms with Gasteiger partial charge in [-0.15, -0.1) is 11.8 Å². The van der Waals surface area contributed by atoms with Gasteiger partial charge in [0, 0.05) is 23.0 Å². The molecule has 1 aromatic rings. The van der Waals surface area contributed by atoms with Crippen LogP contribution >= 0.6 is 23.4 Å². The van der Waals surface area contributed by atoms with Crippen molar-refractivity contribution in [3.8, 4) is 0 Å². The maximum absolute atomic E-state index is 12.2. The summed E-state index contributed by atoms with van der Waals surface area (Å²) in [5.41, 5.74) is 0. The van der Waals surface area contributed by atoms with Crippen molar-refractivity contribution in [3.63, 3.8) is 0 Å². The number of halogens is 1. The molecule has 1 aliphatic heterocycles. The third-order valence-corrected chi connectivity index (χ3v) is 5.00. The zero-order valence-electron chi connectivity index (χ0n) is 11.8. The number of carbonyl (C=O) groups is 2. The predicted octanol–water partition coefficient (Wildman–Crippen LogP) is 3.00. The van der Waals surface area contributed by atoms with E-state index in [0.717, 1.165) is 4.90 Å². The maximum atomic E-state index is 12.2. The smallest absolute Gasteiger partial charge is 0.306 e. The Morgan fingerprint density at radius 3 is 2.62 bits per heavy atom. The Morgan fingerprint density at radius 1 is 1.38 bits per heavy atom. The fourth-order valence-electron chi connectivity index (χ4n) is 2.51. The molecule has 1 N–H and O–H groups in total. The molecule has 1 aliphatic rings. The molecule has 1 fully saturated rings. The van der Waals surface area contributed by atoms with Crippen LogP contribution in [0.4, 0.5) is 0 Å². The van der Waals surface area contributed by atoms with E-state index in [-0.39, 0.29) is 17.7 Å². The summed E-state index contributed by atoms with van der Waals surface area (Å²) in [7, 11) is 0. The number of amides is 1. The quantitative estimate of drug-likeness (QED) is 0.864. The van der Waals surface area contributed by atoms with E-state index in [1.165, 1.54) is 11.8 Å². The zero-order valence-corrected chi connectivity index (χ0v) is 13.4. The van der Waals surface area contributed by atoms with Crippen LogP contribution in [-0.4, -0.2) is 40.7 Å². The number of hydrogen-bond donors (Lipinski definition) is 1. The first-order valence-electron chi connectivity index (χ1n) is 6.86. The lowest BCUT2D eigenvalue weighted by Crippen LogP contribution is -2.45. The van der Waals surface area contributed by atoms with Crippen LogP contribution in [0.15, 0.2) is 29.2 Å². The summed E-state index contributed by atoms with van der Waals surface area (Å²) in [5, 5.41) is 9.77. The summed E-state index contributed by atoms with van der Waals surface area (Å²) in [6.07, 6.45) is 0.536. The topological polar surface area (TPSA) is 57.6 Å². The van der Waals surface area contributed by atoms with Crippen molar-refractivity contribution in [2.45, 2.75) is 18.2 Å². The molecule has 2 rings (SSSR count). The number of piperidine rings is 1. The van der Waals surface area contributed by atoms with Gasteiger partial charge in [-0.3, -0.25) is 9.59 Å². The fraction of sp³-hybridized carbons (Fsp3) is 0.467. The molecular formula is C15H18ClNO3S. The summed E-state index contributed by atoms with van der Waals surface area (Å²) in [6.45, 7) is 2.95. The maximum Gasteiger partial charge on any atom is 0.306 e. The highest BCUT2D eigenvalue weighted by Crippen LogP contribution is 2.25. The average molecular weight is 328 g/mol. The minimum Gasteiger partial charge on any atom is -0.481 e. The van der Waals surface area contributed by atoms with E-state index in [4.69, 9.17) is 16.7 Å². The number of carboxylic acids is 1.